The number of nitrogens with zero attached hydrogens (tertiary/aromatic N) is 2. The molecule has 2 aromatic rings. The molecule has 0 spiro atoms. The van der Waals surface area contributed by atoms with Crippen molar-refractivity contribution < 1.29 is 9.59 Å². The zero-order valence-corrected chi connectivity index (χ0v) is 11.4. The van der Waals surface area contributed by atoms with E-state index in [9.17, 15) is 9.59 Å². The molecule has 0 unspecified atom stereocenters. The third kappa shape index (κ3) is 1.96. The smallest absolute Gasteiger partial charge is 0.298 e. The molecule has 0 saturated heterocycles. The fourth-order valence-electron chi connectivity index (χ4n) is 2.12. The molecule has 5 heteroatoms. The Hall–Kier alpha value is -2.01. The molecule has 1 aromatic heterocycles. The van der Waals surface area contributed by atoms with Gasteiger partial charge in [-0.1, -0.05) is 12.1 Å². The maximum Gasteiger partial charge on any atom is 0.299 e. The first kappa shape index (κ1) is 12.0. The lowest BCUT2D eigenvalue weighted by Crippen LogP contribution is -2.29. The van der Waals surface area contributed by atoms with Crippen molar-refractivity contribution in [3.8, 4) is 0 Å². The summed E-state index contributed by atoms with van der Waals surface area (Å²) in [6.45, 7) is 0.293. The molecule has 1 aromatic carbocycles. The SMILES string of the molecule is O=C1C(=O)N(Cc2ccccn2)c2c(Br)cccc21. The number of para-hydroxylation sites is 1. The average molecular weight is 317 g/mol. The summed E-state index contributed by atoms with van der Waals surface area (Å²) in [7, 11) is 0. The zero-order valence-electron chi connectivity index (χ0n) is 9.84. The van der Waals surface area contributed by atoms with Gasteiger partial charge in [0.2, 0.25) is 0 Å². The van der Waals surface area contributed by atoms with Gasteiger partial charge < -0.3 is 0 Å². The van der Waals surface area contributed by atoms with Crippen LogP contribution in [-0.4, -0.2) is 16.7 Å². The van der Waals surface area contributed by atoms with Gasteiger partial charge in [-0.05, 0) is 40.2 Å². The number of anilines is 1. The first-order valence-electron chi connectivity index (χ1n) is 5.73. The van der Waals surface area contributed by atoms with Crippen molar-refractivity contribution in [3.63, 3.8) is 0 Å². The number of carbonyl (C=O) groups excluding carboxylic acids is 2. The van der Waals surface area contributed by atoms with Crippen LogP contribution in [0.4, 0.5) is 5.69 Å². The van der Waals surface area contributed by atoms with Crippen LogP contribution < -0.4 is 4.90 Å². The molecular weight excluding hydrogens is 308 g/mol. The molecule has 0 bridgehead atoms. The number of ketones is 1. The Morgan fingerprint density at radius 3 is 2.68 bits per heavy atom. The van der Waals surface area contributed by atoms with Crippen LogP contribution in [0.3, 0.4) is 0 Å². The van der Waals surface area contributed by atoms with Crippen molar-refractivity contribution in [1.82, 2.24) is 4.98 Å². The molecular formula is C14H9BrN2O2. The molecule has 2 heterocycles. The minimum absolute atomic E-state index is 0.293. The number of benzene rings is 1. The van der Waals surface area contributed by atoms with Crippen LogP contribution in [0, 0.1) is 0 Å². The van der Waals surface area contributed by atoms with E-state index in [-0.39, 0.29) is 0 Å². The second-order valence-electron chi connectivity index (χ2n) is 4.18. The molecule has 0 N–H and O–H groups in total. The Morgan fingerprint density at radius 1 is 1.11 bits per heavy atom. The van der Waals surface area contributed by atoms with E-state index in [2.05, 4.69) is 20.9 Å². The highest BCUT2D eigenvalue weighted by Gasteiger charge is 2.37. The first-order valence-corrected chi connectivity index (χ1v) is 6.52. The number of Topliss-reactive ketones (excluding diaryl/α,β-unsaturated/α-hetero) is 1. The molecule has 3 rings (SSSR count). The number of halogens is 1. The van der Waals surface area contributed by atoms with Gasteiger partial charge in [0, 0.05) is 10.7 Å². The van der Waals surface area contributed by atoms with Gasteiger partial charge in [0.05, 0.1) is 23.5 Å². The summed E-state index contributed by atoms with van der Waals surface area (Å²) in [5.41, 5.74) is 1.81. The lowest BCUT2D eigenvalue weighted by molar-refractivity contribution is -0.114. The van der Waals surface area contributed by atoms with Gasteiger partial charge >= 0.3 is 0 Å². The van der Waals surface area contributed by atoms with Crippen molar-refractivity contribution in [2.45, 2.75) is 6.54 Å². The van der Waals surface area contributed by atoms with Crippen LogP contribution in [0.2, 0.25) is 0 Å². The van der Waals surface area contributed by atoms with Gasteiger partial charge in [0.25, 0.3) is 11.7 Å². The van der Waals surface area contributed by atoms with Gasteiger partial charge in [-0.15, -0.1) is 0 Å². The molecule has 1 aliphatic heterocycles. The number of hydrogen-bond donors (Lipinski definition) is 0. The van der Waals surface area contributed by atoms with Crippen molar-refractivity contribution in [2.24, 2.45) is 0 Å². The molecule has 19 heavy (non-hydrogen) atoms. The van der Waals surface area contributed by atoms with E-state index >= 15 is 0 Å². The fourth-order valence-corrected chi connectivity index (χ4v) is 2.70. The van der Waals surface area contributed by atoms with Gasteiger partial charge in [0.15, 0.2) is 0 Å². The highest BCUT2D eigenvalue weighted by molar-refractivity contribution is 9.10. The van der Waals surface area contributed by atoms with Gasteiger partial charge in [-0.25, -0.2) is 0 Å². The third-order valence-electron chi connectivity index (χ3n) is 2.99. The molecule has 4 nitrogen and oxygen atoms in total. The van der Waals surface area contributed by atoms with E-state index in [4.69, 9.17) is 0 Å². The molecule has 0 aliphatic carbocycles. The molecule has 1 amide bonds. The third-order valence-corrected chi connectivity index (χ3v) is 3.63. The highest BCUT2D eigenvalue weighted by atomic mass is 79.9. The standard InChI is InChI=1S/C14H9BrN2O2/c15-11-6-3-5-10-12(11)17(14(19)13(10)18)8-9-4-1-2-7-16-9/h1-7H,8H2. The maximum absolute atomic E-state index is 12.0. The van der Waals surface area contributed by atoms with Crippen molar-refractivity contribution in [3.05, 3.63) is 58.3 Å². The zero-order chi connectivity index (χ0) is 13.4. The number of amides is 1. The Morgan fingerprint density at radius 2 is 1.95 bits per heavy atom. The second-order valence-corrected chi connectivity index (χ2v) is 5.03. The molecule has 0 saturated carbocycles. The van der Waals surface area contributed by atoms with E-state index in [0.29, 0.717) is 17.8 Å². The minimum atomic E-state index is -0.507. The second kappa shape index (κ2) is 4.59. The number of hydrogen-bond acceptors (Lipinski definition) is 3. The largest absolute Gasteiger partial charge is 0.299 e. The summed E-state index contributed by atoms with van der Waals surface area (Å²) in [6, 6.07) is 10.7. The lowest BCUT2D eigenvalue weighted by Gasteiger charge is -2.17. The Balaban J connectivity index is 2.04. The number of carbonyl (C=O) groups is 2. The van der Waals surface area contributed by atoms with E-state index in [1.54, 1.807) is 18.3 Å². The summed E-state index contributed by atoms with van der Waals surface area (Å²) in [5, 5.41) is 0. The van der Waals surface area contributed by atoms with E-state index in [0.717, 1.165) is 10.2 Å². The molecule has 94 valence electrons. The van der Waals surface area contributed by atoms with Gasteiger partial charge in [-0.2, -0.15) is 0 Å². The summed E-state index contributed by atoms with van der Waals surface area (Å²) >= 11 is 3.39. The molecule has 1 aliphatic rings. The van der Waals surface area contributed by atoms with Crippen LogP contribution in [0.1, 0.15) is 16.1 Å². The normalized spacial score (nSPS) is 13.8. The predicted octanol–water partition coefficient (Wildman–Crippen LogP) is 2.57. The Labute approximate surface area is 118 Å². The van der Waals surface area contributed by atoms with Gasteiger partial charge in [-0.3, -0.25) is 19.5 Å². The molecule has 0 fully saturated rings. The Bertz CT molecular complexity index is 670. The van der Waals surface area contributed by atoms with Crippen LogP contribution in [-0.2, 0) is 11.3 Å². The van der Waals surface area contributed by atoms with Crippen LogP contribution in [0.5, 0.6) is 0 Å². The summed E-state index contributed by atoms with van der Waals surface area (Å²) < 4.78 is 0.736. The number of rotatable bonds is 2. The molecule has 0 atom stereocenters. The van der Waals surface area contributed by atoms with Crippen molar-refractivity contribution >= 4 is 33.3 Å². The van der Waals surface area contributed by atoms with Crippen molar-refractivity contribution in [2.75, 3.05) is 4.90 Å². The predicted molar refractivity (Wildman–Crippen MR) is 73.9 cm³/mol. The quantitative estimate of drug-likeness (QED) is 0.800. The highest BCUT2D eigenvalue weighted by Crippen LogP contribution is 2.36. The topological polar surface area (TPSA) is 50.3 Å². The van der Waals surface area contributed by atoms with Crippen LogP contribution in [0.25, 0.3) is 0 Å². The summed E-state index contributed by atoms with van der Waals surface area (Å²) in [4.78, 5) is 29.6. The van der Waals surface area contributed by atoms with Crippen molar-refractivity contribution in [1.29, 1.82) is 0 Å². The summed E-state index contributed by atoms with van der Waals surface area (Å²) in [6.07, 6.45) is 1.67. The number of pyridine rings is 1. The van der Waals surface area contributed by atoms with E-state index < -0.39 is 11.7 Å². The van der Waals surface area contributed by atoms with E-state index in [1.807, 2.05) is 24.3 Å². The van der Waals surface area contributed by atoms with Gasteiger partial charge in [0.1, 0.15) is 0 Å². The Kier molecular flexibility index (Phi) is 2.91. The summed E-state index contributed by atoms with van der Waals surface area (Å²) in [5.74, 6) is -0.972. The monoisotopic (exact) mass is 316 g/mol. The average Bonchev–Trinajstić information content (AvgIpc) is 2.67. The first-order chi connectivity index (χ1) is 9.18. The minimum Gasteiger partial charge on any atom is -0.298 e. The number of fused-ring (bicyclic) bond motifs is 1. The lowest BCUT2D eigenvalue weighted by atomic mass is 10.1. The van der Waals surface area contributed by atoms with E-state index in [1.165, 1.54) is 4.90 Å². The maximum atomic E-state index is 12.0. The fraction of sp³-hybridized carbons (Fsp3) is 0.0714. The molecule has 0 radical (unpaired) electrons. The number of aromatic nitrogens is 1. The van der Waals surface area contributed by atoms with Crippen LogP contribution in [0.15, 0.2) is 47.1 Å². The van der Waals surface area contributed by atoms with Crippen LogP contribution >= 0.6 is 15.9 Å².